The van der Waals surface area contributed by atoms with Crippen LogP contribution >= 0.6 is 0 Å². The van der Waals surface area contributed by atoms with Crippen molar-refractivity contribution in [3.8, 4) is 0 Å². The zero-order valence-corrected chi connectivity index (χ0v) is 12.8. The Kier molecular flexibility index (Phi) is 9.42. The summed E-state index contributed by atoms with van der Waals surface area (Å²) in [5.41, 5.74) is 3.44. The molecule has 0 aliphatic rings. The standard InChI is InChI=1S/C18H27N/c1-7-13-19-18(10-4)17(14-16(6)9-3)12-11-15(5)8-2/h7-8,10-13,16H,1-2,9,14H2,3-6H3/b15-11+,17-12+,18-10-,19-13-. The summed E-state index contributed by atoms with van der Waals surface area (Å²) >= 11 is 0. The van der Waals surface area contributed by atoms with Crippen molar-refractivity contribution in [3.05, 3.63) is 60.4 Å². The first kappa shape index (κ1) is 17.4. The lowest BCUT2D eigenvalue weighted by Gasteiger charge is -2.12. The van der Waals surface area contributed by atoms with Crippen LogP contribution < -0.4 is 0 Å². The van der Waals surface area contributed by atoms with Crippen LogP contribution in [0.15, 0.2) is 65.4 Å². The van der Waals surface area contributed by atoms with E-state index < -0.39 is 0 Å². The molecule has 0 bridgehead atoms. The Morgan fingerprint density at radius 2 is 1.95 bits per heavy atom. The molecule has 0 rings (SSSR count). The van der Waals surface area contributed by atoms with Gasteiger partial charge in [0.1, 0.15) is 0 Å². The van der Waals surface area contributed by atoms with Crippen LogP contribution in [-0.2, 0) is 0 Å². The Balaban J connectivity index is 5.30. The Bertz CT molecular complexity index is 405. The van der Waals surface area contributed by atoms with Crippen molar-refractivity contribution in [1.29, 1.82) is 0 Å². The highest BCUT2D eigenvalue weighted by molar-refractivity contribution is 5.72. The molecule has 1 heteroatoms. The molecule has 0 radical (unpaired) electrons. The lowest BCUT2D eigenvalue weighted by atomic mass is 9.96. The molecule has 0 aromatic rings. The van der Waals surface area contributed by atoms with Gasteiger partial charge in [-0.1, -0.05) is 69.4 Å². The molecule has 0 N–H and O–H groups in total. The smallest absolute Gasteiger partial charge is 0.0619 e. The van der Waals surface area contributed by atoms with Crippen LogP contribution in [0.25, 0.3) is 0 Å². The lowest BCUT2D eigenvalue weighted by Crippen LogP contribution is -1.97. The maximum Gasteiger partial charge on any atom is 0.0619 e. The average Bonchev–Trinajstić information content (AvgIpc) is 2.44. The van der Waals surface area contributed by atoms with Gasteiger partial charge in [-0.2, -0.15) is 0 Å². The van der Waals surface area contributed by atoms with E-state index in [1.165, 1.54) is 12.0 Å². The highest BCUT2D eigenvalue weighted by Gasteiger charge is 2.07. The van der Waals surface area contributed by atoms with E-state index in [0.29, 0.717) is 5.92 Å². The topological polar surface area (TPSA) is 12.4 Å². The molecule has 1 atom stereocenters. The third kappa shape index (κ3) is 7.40. The van der Waals surface area contributed by atoms with E-state index in [9.17, 15) is 0 Å². The van der Waals surface area contributed by atoms with Crippen molar-refractivity contribution in [2.45, 2.75) is 40.5 Å². The minimum atomic E-state index is 0.651. The van der Waals surface area contributed by atoms with Gasteiger partial charge < -0.3 is 0 Å². The Labute approximate surface area is 118 Å². The van der Waals surface area contributed by atoms with Crippen LogP contribution in [0.5, 0.6) is 0 Å². The second-order valence-corrected chi connectivity index (χ2v) is 4.71. The third-order valence-electron chi connectivity index (χ3n) is 3.06. The number of rotatable bonds is 8. The van der Waals surface area contributed by atoms with Crippen LogP contribution in [-0.4, -0.2) is 6.21 Å². The Morgan fingerprint density at radius 3 is 2.42 bits per heavy atom. The maximum atomic E-state index is 4.45. The fourth-order valence-corrected chi connectivity index (χ4v) is 1.55. The van der Waals surface area contributed by atoms with E-state index in [4.69, 9.17) is 0 Å². The SMILES string of the molecule is C=C\C=N/C(=C\C)C(=C/C=C(\C)C=C)/CC(C)CC. The molecule has 0 saturated heterocycles. The summed E-state index contributed by atoms with van der Waals surface area (Å²) in [5.74, 6) is 0.651. The minimum absolute atomic E-state index is 0.651. The molecule has 0 spiro atoms. The monoisotopic (exact) mass is 257 g/mol. The highest BCUT2D eigenvalue weighted by Crippen LogP contribution is 2.22. The molecule has 0 aliphatic heterocycles. The molecule has 0 aliphatic carbocycles. The molecule has 1 unspecified atom stereocenters. The van der Waals surface area contributed by atoms with Gasteiger partial charge in [0, 0.05) is 6.21 Å². The number of hydrogen-bond acceptors (Lipinski definition) is 1. The first-order valence-corrected chi connectivity index (χ1v) is 6.90. The predicted octanol–water partition coefficient (Wildman–Crippen LogP) is 5.64. The number of allylic oxidation sites excluding steroid dienone is 7. The van der Waals surface area contributed by atoms with Crippen LogP contribution in [0.3, 0.4) is 0 Å². The number of hydrogen-bond donors (Lipinski definition) is 0. The third-order valence-corrected chi connectivity index (χ3v) is 3.06. The summed E-state index contributed by atoms with van der Waals surface area (Å²) < 4.78 is 0. The molecular weight excluding hydrogens is 230 g/mol. The van der Waals surface area contributed by atoms with Crippen molar-refractivity contribution in [2.75, 3.05) is 0 Å². The van der Waals surface area contributed by atoms with E-state index in [0.717, 1.165) is 17.7 Å². The van der Waals surface area contributed by atoms with Crippen LogP contribution in [0.2, 0.25) is 0 Å². The predicted molar refractivity (Wildman–Crippen MR) is 88.6 cm³/mol. The van der Waals surface area contributed by atoms with Gasteiger partial charge in [0.15, 0.2) is 0 Å². The van der Waals surface area contributed by atoms with Gasteiger partial charge in [0.25, 0.3) is 0 Å². The zero-order valence-electron chi connectivity index (χ0n) is 12.8. The summed E-state index contributed by atoms with van der Waals surface area (Å²) in [6.07, 6.45) is 13.8. The molecule has 0 saturated carbocycles. The van der Waals surface area contributed by atoms with Crippen LogP contribution in [0.4, 0.5) is 0 Å². The van der Waals surface area contributed by atoms with Crippen molar-refractivity contribution in [3.63, 3.8) is 0 Å². The second kappa shape index (κ2) is 10.3. The molecule has 104 valence electrons. The lowest BCUT2D eigenvalue weighted by molar-refractivity contribution is 0.559. The van der Waals surface area contributed by atoms with Crippen LogP contribution in [0.1, 0.15) is 40.5 Å². The summed E-state index contributed by atoms with van der Waals surface area (Å²) in [6, 6.07) is 0. The zero-order chi connectivity index (χ0) is 14.7. The fraction of sp³-hybridized carbons (Fsp3) is 0.389. The Hall–Kier alpha value is -1.63. The summed E-state index contributed by atoms with van der Waals surface area (Å²) in [5, 5.41) is 0. The molecule has 0 heterocycles. The van der Waals surface area contributed by atoms with Gasteiger partial charge in [-0.15, -0.1) is 0 Å². The van der Waals surface area contributed by atoms with Gasteiger partial charge in [0.2, 0.25) is 0 Å². The molecule has 0 aromatic heterocycles. The normalized spacial score (nSPS) is 15.7. The number of nitrogens with zero attached hydrogens (tertiary/aromatic N) is 1. The van der Waals surface area contributed by atoms with E-state index >= 15 is 0 Å². The van der Waals surface area contributed by atoms with Crippen molar-refractivity contribution >= 4 is 6.21 Å². The van der Waals surface area contributed by atoms with Crippen molar-refractivity contribution < 1.29 is 0 Å². The molecule has 19 heavy (non-hydrogen) atoms. The summed E-state index contributed by atoms with van der Waals surface area (Å²) in [7, 11) is 0. The maximum absolute atomic E-state index is 4.45. The van der Waals surface area contributed by atoms with Crippen molar-refractivity contribution in [2.24, 2.45) is 10.9 Å². The average molecular weight is 257 g/mol. The van der Waals surface area contributed by atoms with E-state index in [2.05, 4.69) is 44.1 Å². The van der Waals surface area contributed by atoms with Gasteiger partial charge in [-0.3, -0.25) is 4.99 Å². The van der Waals surface area contributed by atoms with Gasteiger partial charge in [-0.05, 0) is 31.8 Å². The van der Waals surface area contributed by atoms with Gasteiger partial charge in [-0.25, -0.2) is 0 Å². The first-order valence-electron chi connectivity index (χ1n) is 6.90. The highest BCUT2D eigenvalue weighted by atomic mass is 14.7. The van der Waals surface area contributed by atoms with E-state index in [1.807, 2.05) is 26.0 Å². The minimum Gasteiger partial charge on any atom is -0.257 e. The fourth-order valence-electron chi connectivity index (χ4n) is 1.55. The molecule has 1 nitrogen and oxygen atoms in total. The number of aliphatic imine (C=N–C) groups is 1. The van der Waals surface area contributed by atoms with E-state index in [-0.39, 0.29) is 0 Å². The quantitative estimate of drug-likeness (QED) is 0.394. The Morgan fingerprint density at radius 1 is 1.26 bits per heavy atom. The molecule has 0 aromatic carbocycles. The first-order chi connectivity index (χ1) is 9.08. The van der Waals surface area contributed by atoms with Crippen LogP contribution in [0, 0.1) is 5.92 Å². The van der Waals surface area contributed by atoms with E-state index in [1.54, 1.807) is 12.3 Å². The summed E-state index contributed by atoms with van der Waals surface area (Å²) in [6.45, 7) is 16.0. The largest absolute Gasteiger partial charge is 0.257 e. The second-order valence-electron chi connectivity index (χ2n) is 4.71. The molecular formula is C18H27N. The molecule has 0 amide bonds. The van der Waals surface area contributed by atoms with Crippen molar-refractivity contribution in [1.82, 2.24) is 0 Å². The van der Waals surface area contributed by atoms with Gasteiger partial charge >= 0.3 is 0 Å². The summed E-state index contributed by atoms with van der Waals surface area (Å²) in [4.78, 5) is 4.45. The molecule has 0 fully saturated rings. The van der Waals surface area contributed by atoms with Gasteiger partial charge in [0.05, 0.1) is 5.70 Å².